The van der Waals surface area contributed by atoms with Gasteiger partial charge in [-0.05, 0) is 81.1 Å². The lowest BCUT2D eigenvalue weighted by atomic mass is 10.2. The average molecular weight is 657 g/mol. The number of carbonyl (C=O) groups is 3. The molecule has 164 valence electrons. The van der Waals surface area contributed by atoms with Gasteiger partial charge in [0.25, 0.3) is 5.91 Å². The van der Waals surface area contributed by atoms with E-state index in [0.717, 1.165) is 12.0 Å². The van der Waals surface area contributed by atoms with E-state index in [1.807, 2.05) is 0 Å². The fraction of sp³-hybridized carbons (Fsp3) is 0.136. The number of terminal acetylenes is 1. The molecule has 8 nitrogen and oxygen atoms in total. The SMILES string of the molecule is C#CCOc1c(I)cc(/C=C2/NC(=O)N(CC(=O)Nc3ccccc3OC)C2=O)cc1I. The van der Waals surface area contributed by atoms with Crippen LogP contribution in [0.2, 0.25) is 0 Å². The molecule has 1 fully saturated rings. The third-order valence-corrected chi connectivity index (χ3v) is 5.88. The fourth-order valence-corrected chi connectivity index (χ4v) is 5.01. The van der Waals surface area contributed by atoms with Crippen molar-refractivity contribution < 1.29 is 23.9 Å². The number of benzene rings is 2. The number of carbonyl (C=O) groups excluding carboxylic acids is 3. The first kappa shape index (κ1) is 23.9. The minimum atomic E-state index is -0.671. The van der Waals surface area contributed by atoms with Gasteiger partial charge < -0.3 is 20.1 Å². The van der Waals surface area contributed by atoms with Crippen molar-refractivity contribution in [2.75, 3.05) is 25.6 Å². The highest BCUT2D eigenvalue weighted by molar-refractivity contribution is 14.1. The predicted molar refractivity (Wildman–Crippen MR) is 136 cm³/mol. The van der Waals surface area contributed by atoms with Gasteiger partial charge in [-0.15, -0.1) is 6.42 Å². The number of ether oxygens (including phenoxy) is 2. The zero-order valence-electron chi connectivity index (χ0n) is 16.8. The van der Waals surface area contributed by atoms with Crippen molar-refractivity contribution in [1.29, 1.82) is 0 Å². The molecular formula is C22H17I2N3O5. The van der Waals surface area contributed by atoms with E-state index >= 15 is 0 Å². The number of anilines is 1. The Kier molecular flexibility index (Phi) is 7.97. The molecule has 0 saturated carbocycles. The zero-order chi connectivity index (χ0) is 23.3. The Morgan fingerprint density at radius 3 is 2.59 bits per heavy atom. The number of para-hydroxylation sites is 2. The lowest BCUT2D eigenvalue weighted by Gasteiger charge is -2.13. The van der Waals surface area contributed by atoms with Gasteiger partial charge in [-0.1, -0.05) is 18.1 Å². The number of methoxy groups -OCH3 is 1. The molecule has 0 bridgehead atoms. The number of nitrogens with zero attached hydrogens (tertiary/aromatic N) is 1. The quantitative estimate of drug-likeness (QED) is 0.206. The van der Waals surface area contributed by atoms with E-state index < -0.39 is 24.4 Å². The number of halogens is 2. The predicted octanol–water partition coefficient (Wildman–Crippen LogP) is 3.45. The van der Waals surface area contributed by atoms with Crippen LogP contribution in [0.1, 0.15) is 5.56 Å². The van der Waals surface area contributed by atoms with Crippen LogP contribution < -0.4 is 20.1 Å². The van der Waals surface area contributed by atoms with E-state index in [9.17, 15) is 14.4 Å². The molecule has 1 aliphatic heterocycles. The number of imide groups is 1. The molecule has 0 unspecified atom stereocenters. The summed E-state index contributed by atoms with van der Waals surface area (Å²) in [6.45, 7) is -0.291. The lowest BCUT2D eigenvalue weighted by Crippen LogP contribution is -2.38. The van der Waals surface area contributed by atoms with E-state index in [1.165, 1.54) is 7.11 Å². The second-order valence-corrected chi connectivity index (χ2v) is 8.76. The van der Waals surface area contributed by atoms with Crippen molar-refractivity contribution in [3.05, 3.63) is 54.8 Å². The molecule has 1 saturated heterocycles. The normalized spacial score (nSPS) is 14.2. The fourth-order valence-electron chi connectivity index (χ4n) is 2.88. The van der Waals surface area contributed by atoms with Crippen LogP contribution in [0.15, 0.2) is 42.1 Å². The van der Waals surface area contributed by atoms with Gasteiger partial charge in [0.2, 0.25) is 5.91 Å². The molecule has 32 heavy (non-hydrogen) atoms. The molecule has 0 atom stereocenters. The van der Waals surface area contributed by atoms with Gasteiger partial charge in [-0.3, -0.25) is 9.59 Å². The van der Waals surface area contributed by atoms with Crippen LogP contribution in [-0.4, -0.2) is 43.0 Å². The second-order valence-electron chi connectivity index (χ2n) is 6.43. The first-order chi connectivity index (χ1) is 15.3. The third kappa shape index (κ3) is 5.52. The van der Waals surface area contributed by atoms with E-state index in [-0.39, 0.29) is 12.3 Å². The van der Waals surface area contributed by atoms with Crippen LogP contribution in [0.4, 0.5) is 10.5 Å². The molecule has 0 aliphatic carbocycles. The Labute approximate surface area is 212 Å². The lowest BCUT2D eigenvalue weighted by molar-refractivity contribution is -0.127. The van der Waals surface area contributed by atoms with Crippen molar-refractivity contribution in [2.24, 2.45) is 0 Å². The van der Waals surface area contributed by atoms with E-state index in [0.29, 0.717) is 22.7 Å². The van der Waals surface area contributed by atoms with Gasteiger partial charge in [0.15, 0.2) is 0 Å². The van der Waals surface area contributed by atoms with Gasteiger partial charge in [-0.25, -0.2) is 9.69 Å². The summed E-state index contributed by atoms with van der Waals surface area (Å²) in [4.78, 5) is 38.3. The summed E-state index contributed by atoms with van der Waals surface area (Å²) < 4.78 is 12.3. The van der Waals surface area contributed by atoms with Gasteiger partial charge >= 0.3 is 6.03 Å². The molecule has 0 radical (unpaired) electrons. The molecular weight excluding hydrogens is 640 g/mol. The van der Waals surface area contributed by atoms with Crippen molar-refractivity contribution in [2.45, 2.75) is 0 Å². The minimum absolute atomic E-state index is 0.0731. The van der Waals surface area contributed by atoms with Crippen LogP contribution >= 0.6 is 45.2 Å². The molecule has 2 aromatic carbocycles. The largest absolute Gasteiger partial charge is 0.495 e. The smallest absolute Gasteiger partial charge is 0.329 e. The molecule has 2 aromatic rings. The first-order valence-corrected chi connectivity index (χ1v) is 11.3. The maximum Gasteiger partial charge on any atom is 0.329 e. The minimum Gasteiger partial charge on any atom is -0.495 e. The van der Waals surface area contributed by atoms with Crippen molar-refractivity contribution in [3.8, 4) is 23.8 Å². The van der Waals surface area contributed by atoms with Crippen LogP contribution in [0.25, 0.3) is 6.08 Å². The van der Waals surface area contributed by atoms with Gasteiger partial charge in [0, 0.05) is 0 Å². The summed E-state index contributed by atoms with van der Waals surface area (Å²) in [6.07, 6.45) is 6.79. The topological polar surface area (TPSA) is 97.0 Å². The third-order valence-electron chi connectivity index (χ3n) is 4.28. The highest BCUT2D eigenvalue weighted by Gasteiger charge is 2.35. The average Bonchev–Trinajstić information content (AvgIpc) is 3.01. The number of amides is 4. The summed E-state index contributed by atoms with van der Waals surface area (Å²) >= 11 is 4.22. The number of nitrogens with one attached hydrogen (secondary N) is 2. The van der Waals surface area contributed by atoms with Crippen LogP contribution in [-0.2, 0) is 9.59 Å². The highest BCUT2D eigenvalue weighted by Crippen LogP contribution is 2.30. The Balaban J connectivity index is 1.74. The van der Waals surface area contributed by atoms with Crippen LogP contribution in [0, 0.1) is 19.5 Å². The Morgan fingerprint density at radius 1 is 1.25 bits per heavy atom. The van der Waals surface area contributed by atoms with Crippen molar-refractivity contribution >= 4 is 74.8 Å². The number of rotatable bonds is 7. The Morgan fingerprint density at radius 2 is 1.94 bits per heavy atom. The Bertz CT molecular complexity index is 1130. The summed E-state index contributed by atoms with van der Waals surface area (Å²) in [5, 5.41) is 5.16. The summed E-state index contributed by atoms with van der Waals surface area (Å²) in [5.41, 5.74) is 1.21. The molecule has 10 heteroatoms. The van der Waals surface area contributed by atoms with E-state index in [1.54, 1.807) is 42.5 Å². The van der Waals surface area contributed by atoms with Crippen molar-refractivity contribution in [1.82, 2.24) is 10.2 Å². The zero-order valence-corrected chi connectivity index (χ0v) is 21.1. The standard InChI is InChI=1S/C22H17I2N3O5/c1-3-8-32-20-14(23)9-13(10-15(20)24)11-17-21(29)27(22(30)26-17)12-19(28)25-16-6-4-5-7-18(16)31-2/h1,4-7,9-11H,8,12H2,2H3,(H,25,28)(H,26,30)/b17-11+. The number of hydrogen-bond donors (Lipinski definition) is 2. The molecule has 4 amide bonds. The molecule has 1 aliphatic rings. The molecule has 3 rings (SSSR count). The number of urea groups is 1. The summed E-state index contributed by atoms with van der Waals surface area (Å²) in [6, 6.07) is 9.78. The molecule has 0 aromatic heterocycles. The summed E-state index contributed by atoms with van der Waals surface area (Å²) in [7, 11) is 1.48. The maximum atomic E-state index is 12.7. The van der Waals surface area contributed by atoms with Crippen LogP contribution in [0.3, 0.4) is 0 Å². The van der Waals surface area contributed by atoms with Crippen molar-refractivity contribution in [3.63, 3.8) is 0 Å². The second kappa shape index (κ2) is 10.7. The van der Waals surface area contributed by atoms with Gasteiger partial charge in [0.1, 0.15) is 30.3 Å². The molecule has 2 N–H and O–H groups in total. The monoisotopic (exact) mass is 657 g/mol. The Hall–Kier alpha value is -2.79. The summed E-state index contributed by atoms with van der Waals surface area (Å²) in [5.74, 6) is 2.42. The van der Waals surface area contributed by atoms with Gasteiger partial charge in [-0.2, -0.15) is 0 Å². The van der Waals surface area contributed by atoms with E-state index in [4.69, 9.17) is 15.9 Å². The van der Waals surface area contributed by atoms with Gasteiger partial charge in [0.05, 0.1) is 19.9 Å². The number of hydrogen-bond acceptors (Lipinski definition) is 5. The van der Waals surface area contributed by atoms with E-state index in [2.05, 4.69) is 61.7 Å². The molecule has 1 heterocycles. The highest BCUT2D eigenvalue weighted by atomic mass is 127. The maximum absolute atomic E-state index is 12.7. The van der Waals surface area contributed by atoms with Crippen LogP contribution in [0.5, 0.6) is 11.5 Å². The first-order valence-electron chi connectivity index (χ1n) is 9.16. The molecule has 0 spiro atoms.